The predicted molar refractivity (Wildman–Crippen MR) is 97.7 cm³/mol. The lowest BCUT2D eigenvalue weighted by Crippen LogP contribution is -2.12. The van der Waals surface area contributed by atoms with Gasteiger partial charge in [-0.3, -0.25) is 9.78 Å². The number of aryl methyl sites for hydroxylation is 1. The third kappa shape index (κ3) is 4.44. The van der Waals surface area contributed by atoms with Gasteiger partial charge in [0.15, 0.2) is 0 Å². The van der Waals surface area contributed by atoms with E-state index in [9.17, 15) is 13.2 Å². The molecule has 0 spiro atoms. The number of esters is 1. The van der Waals surface area contributed by atoms with Crippen LogP contribution in [0.5, 0.6) is 0 Å². The molecule has 134 valence electrons. The van der Waals surface area contributed by atoms with Crippen molar-refractivity contribution in [2.24, 2.45) is 5.14 Å². The molecule has 0 fully saturated rings. The lowest BCUT2D eigenvalue weighted by atomic mass is 10.1. The van der Waals surface area contributed by atoms with E-state index in [1.807, 2.05) is 30.3 Å². The maximum Gasteiger partial charge on any atom is 0.306 e. The van der Waals surface area contributed by atoms with Crippen LogP contribution in [0, 0.1) is 0 Å². The highest BCUT2D eigenvalue weighted by Gasteiger charge is 2.09. The van der Waals surface area contributed by atoms with Crippen LogP contribution in [0.2, 0.25) is 0 Å². The Bertz CT molecular complexity index is 1030. The summed E-state index contributed by atoms with van der Waals surface area (Å²) in [7, 11) is -3.71. The molecular weight excluding hydrogens is 352 g/mol. The summed E-state index contributed by atoms with van der Waals surface area (Å²) in [5.74, 6) is -0.326. The van der Waals surface area contributed by atoms with Gasteiger partial charge in [0.1, 0.15) is 6.61 Å². The van der Waals surface area contributed by atoms with E-state index in [-0.39, 0.29) is 23.9 Å². The van der Waals surface area contributed by atoms with E-state index in [0.717, 1.165) is 22.0 Å². The molecule has 1 aromatic heterocycles. The van der Waals surface area contributed by atoms with Crippen molar-refractivity contribution >= 4 is 26.9 Å². The molecule has 0 saturated heterocycles. The third-order valence-corrected chi connectivity index (χ3v) is 4.90. The number of ether oxygens (including phenoxy) is 1. The number of hydrogen-bond acceptors (Lipinski definition) is 5. The number of pyridine rings is 1. The monoisotopic (exact) mass is 370 g/mol. The van der Waals surface area contributed by atoms with Crippen molar-refractivity contribution in [1.82, 2.24) is 4.98 Å². The number of para-hydroxylation sites is 1. The maximum atomic E-state index is 12.0. The molecule has 0 atom stereocenters. The number of rotatable bonds is 6. The van der Waals surface area contributed by atoms with Crippen LogP contribution in [0.1, 0.15) is 17.5 Å². The first-order valence-corrected chi connectivity index (χ1v) is 9.58. The molecule has 2 N–H and O–H groups in total. The number of sulfonamides is 1. The van der Waals surface area contributed by atoms with Gasteiger partial charge in [0, 0.05) is 23.6 Å². The Morgan fingerprint density at radius 3 is 2.50 bits per heavy atom. The molecule has 1 heterocycles. The minimum atomic E-state index is -3.71. The number of nitrogens with two attached hydrogens (primary N) is 1. The number of carbonyl (C=O) groups is 1. The van der Waals surface area contributed by atoms with E-state index >= 15 is 0 Å². The van der Waals surface area contributed by atoms with Crippen LogP contribution in [0.25, 0.3) is 10.9 Å². The average molecular weight is 370 g/mol. The normalized spacial score (nSPS) is 11.4. The molecular formula is C19H18N2O4S. The minimum absolute atomic E-state index is 0.0484. The smallest absolute Gasteiger partial charge is 0.306 e. The fourth-order valence-corrected chi connectivity index (χ4v) is 3.12. The Hall–Kier alpha value is -2.77. The van der Waals surface area contributed by atoms with Gasteiger partial charge >= 0.3 is 5.97 Å². The second kappa shape index (κ2) is 7.63. The zero-order chi connectivity index (χ0) is 18.6. The molecule has 0 unspecified atom stereocenters. The molecule has 3 aromatic rings. The molecule has 3 rings (SSSR count). The van der Waals surface area contributed by atoms with Gasteiger partial charge in [-0.2, -0.15) is 0 Å². The Labute approximate surface area is 151 Å². The number of hydrogen-bond donors (Lipinski definition) is 1. The standard InChI is InChI=1S/C19H18N2O4S/c20-26(23,24)17-9-6-14(7-10-17)8-11-18(22)25-13-16-4-1-3-15-5-2-12-21-19(15)16/h1-7,9-10,12H,8,11,13H2,(H2,20,23,24). The summed E-state index contributed by atoms with van der Waals surface area (Å²) in [6.07, 6.45) is 2.36. The van der Waals surface area contributed by atoms with Crippen LogP contribution in [-0.2, 0) is 32.6 Å². The first-order valence-electron chi connectivity index (χ1n) is 8.03. The van der Waals surface area contributed by atoms with E-state index in [4.69, 9.17) is 9.88 Å². The summed E-state index contributed by atoms with van der Waals surface area (Å²) in [4.78, 5) is 16.4. The van der Waals surface area contributed by atoms with Crippen LogP contribution in [0.15, 0.2) is 65.7 Å². The molecule has 0 amide bonds. The van der Waals surface area contributed by atoms with Crippen molar-refractivity contribution in [2.45, 2.75) is 24.3 Å². The van der Waals surface area contributed by atoms with Crippen molar-refractivity contribution in [1.29, 1.82) is 0 Å². The zero-order valence-corrected chi connectivity index (χ0v) is 14.8. The summed E-state index contributed by atoms with van der Waals surface area (Å²) in [6, 6.07) is 15.7. The lowest BCUT2D eigenvalue weighted by molar-refractivity contribution is -0.144. The number of aromatic nitrogens is 1. The maximum absolute atomic E-state index is 12.0. The molecule has 7 heteroatoms. The van der Waals surface area contributed by atoms with E-state index in [1.165, 1.54) is 12.1 Å². The summed E-state index contributed by atoms with van der Waals surface area (Å²) >= 11 is 0. The topological polar surface area (TPSA) is 99.4 Å². The van der Waals surface area contributed by atoms with E-state index < -0.39 is 10.0 Å². The molecule has 2 aromatic carbocycles. The SMILES string of the molecule is NS(=O)(=O)c1ccc(CCC(=O)OCc2cccc3cccnc23)cc1. The minimum Gasteiger partial charge on any atom is -0.461 e. The fraction of sp³-hybridized carbons (Fsp3) is 0.158. The Kier molecular flexibility index (Phi) is 5.29. The van der Waals surface area contributed by atoms with Crippen LogP contribution in [0.4, 0.5) is 0 Å². The summed E-state index contributed by atoms with van der Waals surface area (Å²) in [5, 5.41) is 6.05. The molecule has 0 saturated carbocycles. The first kappa shape index (κ1) is 18.0. The van der Waals surface area contributed by atoms with Crippen LogP contribution in [-0.4, -0.2) is 19.4 Å². The van der Waals surface area contributed by atoms with Crippen LogP contribution < -0.4 is 5.14 Å². The van der Waals surface area contributed by atoms with Crippen molar-refractivity contribution < 1.29 is 17.9 Å². The van der Waals surface area contributed by atoms with E-state index in [0.29, 0.717) is 6.42 Å². The summed E-state index contributed by atoms with van der Waals surface area (Å²) in [5.41, 5.74) is 2.51. The number of nitrogens with zero attached hydrogens (tertiary/aromatic N) is 1. The van der Waals surface area contributed by atoms with Gasteiger partial charge in [-0.25, -0.2) is 13.6 Å². The predicted octanol–water partition coefficient (Wildman–Crippen LogP) is 2.56. The molecule has 0 aliphatic carbocycles. The van der Waals surface area contributed by atoms with Crippen molar-refractivity contribution in [2.75, 3.05) is 0 Å². The average Bonchev–Trinajstić information content (AvgIpc) is 2.64. The lowest BCUT2D eigenvalue weighted by Gasteiger charge is -2.08. The summed E-state index contributed by atoms with van der Waals surface area (Å²) < 4.78 is 27.8. The Morgan fingerprint density at radius 2 is 1.77 bits per heavy atom. The van der Waals surface area contributed by atoms with E-state index in [1.54, 1.807) is 18.3 Å². The quantitative estimate of drug-likeness (QED) is 0.672. The number of benzene rings is 2. The van der Waals surface area contributed by atoms with Crippen LogP contribution >= 0.6 is 0 Å². The van der Waals surface area contributed by atoms with Gasteiger partial charge in [-0.05, 0) is 30.2 Å². The van der Waals surface area contributed by atoms with Crippen molar-refractivity contribution in [3.8, 4) is 0 Å². The van der Waals surface area contributed by atoms with Gasteiger partial charge in [0.25, 0.3) is 0 Å². The first-order chi connectivity index (χ1) is 12.4. The highest BCUT2D eigenvalue weighted by Crippen LogP contribution is 2.17. The number of primary sulfonamides is 1. The van der Waals surface area contributed by atoms with Gasteiger partial charge < -0.3 is 4.74 Å². The van der Waals surface area contributed by atoms with Crippen molar-refractivity contribution in [3.63, 3.8) is 0 Å². The molecule has 0 aliphatic heterocycles. The second-order valence-electron chi connectivity index (χ2n) is 5.84. The van der Waals surface area contributed by atoms with E-state index in [2.05, 4.69) is 4.98 Å². The fourth-order valence-electron chi connectivity index (χ4n) is 2.61. The van der Waals surface area contributed by atoms with Gasteiger partial charge in [-0.15, -0.1) is 0 Å². The van der Waals surface area contributed by atoms with Gasteiger partial charge in [-0.1, -0.05) is 36.4 Å². The second-order valence-corrected chi connectivity index (χ2v) is 7.40. The summed E-state index contributed by atoms with van der Waals surface area (Å²) in [6.45, 7) is 0.164. The molecule has 26 heavy (non-hydrogen) atoms. The van der Waals surface area contributed by atoms with Crippen LogP contribution in [0.3, 0.4) is 0 Å². The molecule has 0 aliphatic rings. The van der Waals surface area contributed by atoms with Gasteiger partial charge in [0.2, 0.25) is 10.0 Å². The Balaban J connectivity index is 1.56. The molecule has 0 radical (unpaired) electrons. The molecule has 0 bridgehead atoms. The molecule has 6 nitrogen and oxygen atoms in total. The number of carbonyl (C=O) groups excluding carboxylic acids is 1. The highest BCUT2D eigenvalue weighted by molar-refractivity contribution is 7.89. The van der Waals surface area contributed by atoms with Crippen molar-refractivity contribution in [3.05, 3.63) is 71.9 Å². The number of fused-ring (bicyclic) bond motifs is 1. The Morgan fingerprint density at radius 1 is 1.04 bits per heavy atom. The van der Waals surface area contributed by atoms with Gasteiger partial charge in [0.05, 0.1) is 10.4 Å². The largest absolute Gasteiger partial charge is 0.461 e. The third-order valence-electron chi connectivity index (χ3n) is 3.97. The highest BCUT2D eigenvalue weighted by atomic mass is 32.2. The zero-order valence-electron chi connectivity index (χ0n) is 14.0.